The summed E-state index contributed by atoms with van der Waals surface area (Å²) in [6.45, 7) is 5.98. The highest BCUT2D eigenvalue weighted by Crippen LogP contribution is 2.49. The minimum atomic E-state index is -0.814. The summed E-state index contributed by atoms with van der Waals surface area (Å²) >= 11 is 6.14. The molecule has 0 aliphatic carbocycles. The number of methoxy groups -OCH3 is 1. The van der Waals surface area contributed by atoms with Crippen molar-refractivity contribution < 1.29 is 24.1 Å². The molecule has 0 amide bonds. The van der Waals surface area contributed by atoms with Gasteiger partial charge < -0.3 is 19.3 Å². The quantitative estimate of drug-likeness (QED) is 0.648. The molecule has 0 aromatic heterocycles. The number of phenols is 1. The van der Waals surface area contributed by atoms with Crippen molar-refractivity contribution in [2.24, 2.45) is 0 Å². The molecule has 1 unspecified atom stereocenters. The number of aryl methyl sites for hydroxylation is 1. The molecule has 0 saturated carbocycles. The van der Waals surface area contributed by atoms with E-state index in [9.17, 15) is 9.90 Å². The summed E-state index contributed by atoms with van der Waals surface area (Å²) in [6, 6.07) is 9.24. The van der Waals surface area contributed by atoms with Gasteiger partial charge in [-0.1, -0.05) is 17.7 Å². The van der Waals surface area contributed by atoms with Gasteiger partial charge in [0.2, 0.25) is 5.75 Å². The Morgan fingerprint density at radius 2 is 1.97 bits per heavy atom. The molecular weight excluding hydrogens is 392 g/mol. The lowest BCUT2D eigenvalue weighted by Gasteiger charge is -2.35. The van der Waals surface area contributed by atoms with Gasteiger partial charge in [-0.05, 0) is 67.8 Å². The number of aromatic hydroxyl groups is 1. The van der Waals surface area contributed by atoms with Crippen LogP contribution in [-0.2, 0) is 9.53 Å². The van der Waals surface area contributed by atoms with Crippen molar-refractivity contribution in [2.45, 2.75) is 39.2 Å². The molecule has 29 heavy (non-hydrogen) atoms. The summed E-state index contributed by atoms with van der Waals surface area (Å²) in [5, 5.41) is 11.4. The van der Waals surface area contributed by atoms with Crippen LogP contribution in [0.15, 0.2) is 36.4 Å². The van der Waals surface area contributed by atoms with Gasteiger partial charge in [-0.2, -0.15) is 0 Å². The molecule has 2 aromatic rings. The van der Waals surface area contributed by atoms with Gasteiger partial charge in [-0.3, -0.25) is 4.79 Å². The molecule has 0 radical (unpaired) electrons. The van der Waals surface area contributed by atoms with Crippen molar-refractivity contribution in [3.8, 4) is 17.2 Å². The van der Waals surface area contributed by atoms with E-state index in [1.165, 1.54) is 7.11 Å². The van der Waals surface area contributed by atoms with Gasteiger partial charge in [0.25, 0.3) is 0 Å². The number of carbonyl (C=O) groups is 1. The lowest BCUT2D eigenvalue weighted by molar-refractivity contribution is -0.143. The van der Waals surface area contributed by atoms with E-state index >= 15 is 0 Å². The third-order valence-corrected chi connectivity index (χ3v) is 5.23. The molecule has 0 bridgehead atoms. The average Bonchev–Trinajstić information content (AvgIpc) is 2.67. The van der Waals surface area contributed by atoms with Crippen molar-refractivity contribution in [1.29, 1.82) is 0 Å². The molecule has 1 heterocycles. The van der Waals surface area contributed by atoms with Crippen LogP contribution in [0.1, 0.15) is 43.4 Å². The topological polar surface area (TPSA) is 65.0 Å². The van der Waals surface area contributed by atoms with Gasteiger partial charge in [0.1, 0.15) is 5.60 Å². The average molecular weight is 417 g/mol. The van der Waals surface area contributed by atoms with Crippen molar-refractivity contribution in [2.75, 3.05) is 13.7 Å². The van der Waals surface area contributed by atoms with Crippen LogP contribution in [0.4, 0.5) is 0 Å². The van der Waals surface area contributed by atoms with E-state index in [0.717, 1.165) is 22.3 Å². The summed E-state index contributed by atoms with van der Waals surface area (Å²) < 4.78 is 16.5. The lowest BCUT2D eigenvalue weighted by atomic mass is 9.85. The van der Waals surface area contributed by atoms with E-state index < -0.39 is 5.60 Å². The molecule has 0 saturated heterocycles. The number of phenolic OH excluding ortho intramolecular Hbond substituents is 1. The highest BCUT2D eigenvalue weighted by molar-refractivity contribution is 6.30. The Kier molecular flexibility index (Phi) is 6.08. The van der Waals surface area contributed by atoms with Gasteiger partial charge in [0.15, 0.2) is 11.5 Å². The van der Waals surface area contributed by atoms with Crippen molar-refractivity contribution >= 4 is 23.1 Å². The van der Waals surface area contributed by atoms with Crippen LogP contribution in [0.2, 0.25) is 5.02 Å². The van der Waals surface area contributed by atoms with Crippen molar-refractivity contribution in [1.82, 2.24) is 0 Å². The number of esters is 1. The maximum Gasteiger partial charge on any atom is 0.305 e. The molecule has 1 aliphatic heterocycles. The zero-order valence-corrected chi connectivity index (χ0v) is 17.8. The standard InChI is InChI=1S/C23H25ClO5/c1-5-28-20(25)10-11-23(3)13-18(16-7-6-15(24)12-14(16)2)17-8-9-19(27-4)21(26)22(17)29-23/h6-9,12-13,26H,5,10-11H2,1-4H3. The number of carbonyl (C=O) groups excluding carboxylic acids is 1. The first-order chi connectivity index (χ1) is 13.8. The molecule has 3 rings (SSSR count). The molecule has 2 aromatic carbocycles. The fourth-order valence-corrected chi connectivity index (χ4v) is 3.76. The Hall–Kier alpha value is -2.66. The fraction of sp³-hybridized carbons (Fsp3) is 0.348. The molecular formula is C23H25ClO5. The first kappa shape index (κ1) is 21.1. The van der Waals surface area contributed by atoms with Crippen molar-refractivity contribution in [3.63, 3.8) is 0 Å². The number of ether oxygens (including phenoxy) is 3. The normalized spacial score (nSPS) is 17.8. The first-order valence-corrected chi connectivity index (χ1v) is 9.90. The largest absolute Gasteiger partial charge is 0.502 e. The monoisotopic (exact) mass is 416 g/mol. The van der Waals surface area contributed by atoms with Crippen LogP contribution in [0.25, 0.3) is 5.57 Å². The Bertz CT molecular complexity index is 966. The first-order valence-electron chi connectivity index (χ1n) is 9.52. The Labute approximate surface area is 175 Å². The summed E-state index contributed by atoms with van der Waals surface area (Å²) in [5.41, 5.74) is 2.82. The van der Waals surface area contributed by atoms with Gasteiger partial charge in [-0.25, -0.2) is 0 Å². The summed E-state index contributed by atoms with van der Waals surface area (Å²) in [7, 11) is 1.49. The SMILES string of the molecule is CCOC(=O)CCC1(C)C=C(c2ccc(Cl)cc2C)c2ccc(OC)c(O)c2O1. The molecule has 154 valence electrons. The van der Waals surface area contributed by atoms with Crippen LogP contribution in [-0.4, -0.2) is 30.4 Å². The fourth-order valence-electron chi connectivity index (χ4n) is 3.54. The van der Waals surface area contributed by atoms with Crippen LogP contribution in [0.3, 0.4) is 0 Å². The van der Waals surface area contributed by atoms with Crippen LogP contribution in [0.5, 0.6) is 17.2 Å². The minimum absolute atomic E-state index is 0.0652. The predicted molar refractivity (Wildman–Crippen MR) is 113 cm³/mol. The number of halogens is 1. The molecule has 0 spiro atoms. The Morgan fingerprint density at radius 1 is 1.24 bits per heavy atom. The maximum atomic E-state index is 11.9. The summed E-state index contributed by atoms with van der Waals surface area (Å²) in [4.78, 5) is 11.9. The second-order valence-corrected chi connectivity index (χ2v) is 7.67. The van der Waals surface area contributed by atoms with E-state index in [1.807, 2.05) is 44.2 Å². The van der Waals surface area contributed by atoms with Crippen molar-refractivity contribution in [3.05, 3.63) is 58.1 Å². The third kappa shape index (κ3) is 4.35. The van der Waals surface area contributed by atoms with Crippen LogP contribution < -0.4 is 9.47 Å². The third-order valence-electron chi connectivity index (χ3n) is 5.00. The number of hydrogen-bond acceptors (Lipinski definition) is 5. The second kappa shape index (κ2) is 8.37. The van der Waals surface area contributed by atoms with Crippen LogP contribution >= 0.6 is 11.6 Å². The van der Waals surface area contributed by atoms with E-state index in [0.29, 0.717) is 29.5 Å². The van der Waals surface area contributed by atoms with Gasteiger partial charge in [0.05, 0.1) is 13.7 Å². The zero-order chi connectivity index (χ0) is 21.2. The van der Waals surface area contributed by atoms with E-state index in [4.69, 9.17) is 25.8 Å². The molecule has 1 atom stereocenters. The Balaban J connectivity index is 2.10. The molecule has 6 heteroatoms. The number of hydrogen-bond donors (Lipinski definition) is 1. The van der Waals surface area contributed by atoms with E-state index in [-0.39, 0.29) is 18.1 Å². The van der Waals surface area contributed by atoms with E-state index in [1.54, 1.807) is 13.0 Å². The second-order valence-electron chi connectivity index (χ2n) is 7.23. The molecule has 5 nitrogen and oxygen atoms in total. The number of fused-ring (bicyclic) bond motifs is 1. The highest BCUT2D eigenvalue weighted by atomic mass is 35.5. The number of rotatable bonds is 6. The molecule has 1 N–H and O–H groups in total. The maximum absolute atomic E-state index is 11.9. The molecule has 1 aliphatic rings. The minimum Gasteiger partial charge on any atom is -0.502 e. The zero-order valence-electron chi connectivity index (χ0n) is 17.0. The summed E-state index contributed by atoms with van der Waals surface area (Å²) in [5.74, 6) is 0.313. The Morgan fingerprint density at radius 3 is 2.62 bits per heavy atom. The molecule has 0 fully saturated rings. The lowest BCUT2D eigenvalue weighted by Crippen LogP contribution is -2.34. The van der Waals surface area contributed by atoms with E-state index in [2.05, 4.69) is 0 Å². The number of benzene rings is 2. The smallest absolute Gasteiger partial charge is 0.305 e. The van der Waals surface area contributed by atoms with Gasteiger partial charge in [0, 0.05) is 23.4 Å². The highest BCUT2D eigenvalue weighted by Gasteiger charge is 2.35. The summed E-state index contributed by atoms with van der Waals surface area (Å²) in [6.07, 6.45) is 2.60. The van der Waals surface area contributed by atoms with Crippen LogP contribution in [0, 0.1) is 6.92 Å². The predicted octanol–water partition coefficient (Wildman–Crippen LogP) is 5.29. The van der Waals surface area contributed by atoms with Gasteiger partial charge >= 0.3 is 5.97 Å². The van der Waals surface area contributed by atoms with Gasteiger partial charge in [-0.15, -0.1) is 0 Å².